The summed E-state index contributed by atoms with van der Waals surface area (Å²) in [5.41, 5.74) is 6.28. The molecular formula is C15H24N2. The molecule has 2 atom stereocenters. The second kappa shape index (κ2) is 5.65. The maximum Gasteiger partial charge on any atom is 0.0353 e. The van der Waals surface area contributed by atoms with Crippen LogP contribution in [0.3, 0.4) is 0 Å². The van der Waals surface area contributed by atoms with Crippen molar-refractivity contribution in [2.45, 2.75) is 58.7 Å². The lowest BCUT2D eigenvalue weighted by Gasteiger charge is -2.39. The summed E-state index contributed by atoms with van der Waals surface area (Å²) in [5, 5.41) is 2.43. The Morgan fingerprint density at radius 3 is 2.29 bits per heavy atom. The molecule has 0 amide bonds. The van der Waals surface area contributed by atoms with E-state index in [1.807, 2.05) is 0 Å². The summed E-state index contributed by atoms with van der Waals surface area (Å²) in [7, 11) is 0. The van der Waals surface area contributed by atoms with E-state index < -0.39 is 0 Å². The summed E-state index contributed by atoms with van der Waals surface area (Å²) in [4.78, 5) is 0. The van der Waals surface area contributed by atoms with Gasteiger partial charge in [-0.05, 0) is 39.2 Å². The number of nitrogens with zero attached hydrogens (tertiary/aromatic N) is 1. The van der Waals surface area contributed by atoms with E-state index in [-0.39, 0.29) is 0 Å². The van der Waals surface area contributed by atoms with Crippen molar-refractivity contribution < 1.29 is 0 Å². The number of benzene rings is 1. The van der Waals surface area contributed by atoms with E-state index in [2.05, 4.69) is 55.5 Å². The lowest BCUT2D eigenvalue weighted by molar-refractivity contribution is 0.0435. The summed E-state index contributed by atoms with van der Waals surface area (Å²) in [6.07, 6.45) is 3.99. The molecule has 0 saturated carbocycles. The fraction of sp³-hybridized carbons (Fsp3) is 0.600. The molecule has 0 spiro atoms. The van der Waals surface area contributed by atoms with Crippen molar-refractivity contribution in [1.29, 1.82) is 0 Å². The predicted octanol–water partition coefficient (Wildman–Crippen LogP) is 3.26. The molecule has 0 radical (unpaired) electrons. The van der Waals surface area contributed by atoms with Gasteiger partial charge in [0.2, 0.25) is 0 Å². The van der Waals surface area contributed by atoms with Crippen LogP contribution in [0.25, 0.3) is 0 Å². The molecule has 94 valence electrons. The van der Waals surface area contributed by atoms with Gasteiger partial charge in [0.05, 0.1) is 0 Å². The monoisotopic (exact) mass is 232 g/mol. The highest BCUT2D eigenvalue weighted by molar-refractivity contribution is 5.20. The minimum absolute atomic E-state index is 0.657. The molecule has 2 unspecified atom stereocenters. The molecule has 2 heteroatoms. The van der Waals surface area contributed by atoms with Gasteiger partial charge in [-0.3, -0.25) is 5.43 Å². The highest BCUT2D eigenvalue weighted by atomic mass is 15.5. The fourth-order valence-electron chi connectivity index (χ4n) is 2.62. The molecule has 1 aromatic rings. The Balaban J connectivity index is 1.90. The summed E-state index contributed by atoms with van der Waals surface area (Å²) in [6.45, 7) is 7.70. The Hall–Kier alpha value is -0.860. The number of aryl methyl sites for hydroxylation is 1. The third-order valence-corrected chi connectivity index (χ3v) is 3.78. The van der Waals surface area contributed by atoms with Crippen LogP contribution in [-0.4, -0.2) is 17.1 Å². The van der Waals surface area contributed by atoms with E-state index >= 15 is 0 Å². The van der Waals surface area contributed by atoms with E-state index in [1.165, 1.54) is 30.4 Å². The predicted molar refractivity (Wildman–Crippen MR) is 72.6 cm³/mol. The first-order chi connectivity index (χ1) is 8.16. The van der Waals surface area contributed by atoms with Crippen LogP contribution >= 0.6 is 0 Å². The van der Waals surface area contributed by atoms with E-state index in [0.29, 0.717) is 12.1 Å². The second-order valence-electron chi connectivity index (χ2n) is 5.36. The van der Waals surface area contributed by atoms with Crippen molar-refractivity contribution in [2.24, 2.45) is 0 Å². The Kier molecular flexibility index (Phi) is 4.19. The zero-order valence-electron chi connectivity index (χ0n) is 11.2. The van der Waals surface area contributed by atoms with Crippen LogP contribution < -0.4 is 5.43 Å². The van der Waals surface area contributed by atoms with Gasteiger partial charge in [-0.2, -0.15) is 0 Å². The Morgan fingerprint density at radius 1 is 1.12 bits per heavy atom. The van der Waals surface area contributed by atoms with E-state index in [9.17, 15) is 0 Å². The topological polar surface area (TPSA) is 15.3 Å². The first-order valence-corrected chi connectivity index (χ1v) is 6.74. The third kappa shape index (κ3) is 3.30. The summed E-state index contributed by atoms with van der Waals surface area (Å²) in [6, 6.07) is 10.1. The fourth-order valence-corrected chi connectivity index (χ4v) is 2.62. The lowest BCUT2D eigenvalue weighted by Crippen LogP contribution is -2.51. The van der Waals surface area contributed by atoms with Crippen LogP contribution in [0.1, 0.15) is 44.2 Å². The van der Waals surface area contributed by atoms with Crippen LogP contribution in [0.15, 0.2) is 24.3 Å². The minimum atomic E-state index is 0.657. The van der Waals surface area contributed by atoms with Crippen LogP contribution in [0.5, 0.6) is 0 Å². The van der Waals surface area contributed by atoms with Gasteiger partial charge in [-0.25, -0.2) is 5.01 Å². The maximum atomic E-state index is 3.59. The normalized spacial score (nSPS) is 26.1. The Morgan fingerprint density at radius 2 is 1.71 bits per heavy atom. The Labute approximate surface area is 105 Å². The van der Waals surface area contributed by atoms with Crippen molar-refractivity contribution in [3.05, 3.63) is 35.4 Å². The Bertz CT molecular complexity index is 334. The number of hydrogen-bond acceptors (Lipinski definition) is 2. The van der Waals surface area contributed by atoms with Gasteiger partial charge in [-0.1, -0.05) is 36.2 Å². The largest absolute Gasteiger partial charge is 0.250 e. The van der Waals surface area contributed by atoms with Crippen LogP contribution in [-0.2, 0) is 6.54 Å². The van der Waals surface area contributed by atoms with Gasteiger partial charge in [-0.15, -0.1) is 0 Å². The summed E-state index contributed by atoms with van der Waals surface area (Å²) < 4.78 is 0. The van der Waals surface area contributed by atoms with Gasteiger partial charge in [0.15, 0.2) is 0 Å². The van der Waals surface area contributed by atoms with Gasteiger partial charge in [0, 0.05) is 18.6 Å². The minimum Gasteiger partial charge on any atom is -0.250 e. The number of hydrazine groups is 1. The first kappa shape index (κ1) is 12.6. The van der Waals surface area contributed by atoms with Crippen molar-refractivity contribution in [2.75, 3.05) is 0 Å². The molecular weight excluding hydrogens is 208 g/mol. The van der Waals surface area contributed by atoms with Gasteiger partial charge in [0.25, 0.3) is 0 Å². The van der Waals surface area contributed by atoms with E-state index in [4.69, 9.17) is 0 Å². The van der Waals surface area contributed by atoms with Gasteiger partial charge in [0.1, 0.15) is 0 Å². The smallest absolute Gasteiger partial charge is 0.0353 e. The molecule has 1 saturated heterocycles. The van der Waals surface area contributed by atoms with Crippen LogP contribution in [0, 0.1) is 6.92 Å². The van der Waals surface area contributed by atoms with Gasteiger partial charge >= 0.3 is 0 Å². The van der Waals surface area contributed by atoms with Crippen molar-refractivity contribution in [3.63, 3.8) is 0 Å². The molecule has 2 rings (SSSR count). The quantitative estimate of drug-likeness (QED) is 0.860. The van der Waals surface area contributed by atoms with Crippen molar-refractivity contribution in [3.8, 4) is 0 Å². The second-order valence-corrected chi connectivity index (χ2v) is 5.36. The highest BCUT2D eigenvalue weighted by Crippen LogP contribution is 2.20. The molecule has 1 aromatic carbocycles. The van der Waals surface area contributed by atoms with Crippen LogP contribution in [0.2, 0.25) is 0 Å². The number of rotatable bonds is 3. The standard InChI is InChI=1S/C15H24N2/c1-12-7-9-15(10-8-12)11-16-17-13(2)5-4-6-14(17)3/h7-10,13-14,16H,4-6,11H2,1-3H3. The molecule has 1 aliphatic heterocycles. The molecule has 0 bridgehead atoms. The molecule has 1 N–H and O–H groups in total. The SMILES string of the molecule is Cc1ccc(CNN2C(C)CCCC2C)cc1. The average molecular weight is 232 g/mol. The molecule has 1 heterocycles. The van der Waals surface area contributed by atoms with Crippen LogP contribution in [0.4, 0.5) is 0 Å². The summed E-state index contributed by atoms with van der Waals surface area (Å²) >= 11 is 0. The maximum absolute atomic E-state index is 3.59. The van der Waals surface area contributed by atoms with Crippen molar-refractivity contribution in [1.82, 2.24) is 10.4 Å². The summed E-state index contributed by atoms with van der Waals surface area (Å²) in [5.74, 6) is 0. The highest BCUT2D eigenvalue weighted by Gasteiger charge is 2.23. The lowest BCUT2D eigenvalue weighted by atomic mass is 10.00. The zero-order valence-corrected chi connectivity index (χ0v) is 11.2. The van der Waals surface area contributed by atoms with E-state index in [1.54, 1.807) is 0 Å². The van der Waals surface area contributed by atoms with Crippen molar-refractivity contribution >= 4 is 0 Å². The molecule has 1 fully saturated rings. The zero-order chi connectivity index (χ0) is 12.3. The number of piperidine rings is 1. The van der Waals surface area contributed by atoms with E-state index in [0.717, 1.165) is 6.54 Å². The number of nitrogens with one attached hydrogen (secondary N) is 1. The number of hydrogen-bond donors (Lipinski definition) is 1. The molecule has 1 aliphatic rings. The first-order valence-electron chi connectivity index (χ1n) is 6.74. The average Bonchev–Trinajstić information content (AvgIpc) is 2.31. The molecule has 2 nitrogen and oxygen atoms in total. The molecule has 17 heavy (non-hydrogen) atoms. The molecule has 0 aliphatic carbocycles. The van der Waals surface area contributed by atoms with Gasteiger partial charge < -0.3 is 0 Å². The third-order valence-electron chi connectivity index (χ3n) is 3.78. The molecule has 0 aromatic heterocycles.